The number of carbonyl (C=O) groups is 1. The molecule has 0 bridgehead atoms. The fraction of sp³-hybridized carbons (Fsp3) is 0.483. The molecular weight excluding hydrogens is 424 g/mol. The minimum absolute atomic E-state index is 0.0156. The molecule has 0 spiro atoms. The van der Waals surface area contributed by atoms with Crippen LogP contribution in [0.5, 0.6) is 5.75 Å². The SMILES string of the molecule is CC(=O)NC1CC(O)=C2c3cc(OC(C)CCCc4ccccc4)ccc3C3CCCN3C2C1. The Labute approximate surface area is 202 Å². The summed E-state index contributed by atoms with van der Waals surface area (Å²) in [4.78, 5) is 14.2. The van der Waals surface area contributed by atoms with E-state index in [1.54, 1.807) is 6.92 Å². The zero-order valence-electron chi connectivity index (χ0n) is 20.3. The lowest BCUT2D eigenvalue weighted by Crippen LogP contribution is -2.48. The number of ether oxygens (including phenoxy) is 1. The van der Waals surface area contributed by atoms with Gasteiger partial charge in [-0.25, -0.2) is 0 Å². The van der Waals surface area contributed by atoms with Crippen molar-refractivity contribution in [3.05, 3.63) is 71.0 Å². The Bertz CT molecular complexity index is 1060. The fourth-order valence-electron chi connectivity index (χ4n) is 6.20. The van der Waals surface area contributed by atoms with Crippen molar-refractivity contribution >= 4 is 11.5 Å². The van der Waals surface area contributed by atoms with E-state index in [0.29, 0.717) is 18.2 Å². The zero-order chi connectivity index (χ0) is 23.7. The lowest BCUT2D eigenvalue weighted by molar-refractivity contribution is -0.119. The van der Waals surface area contributed by atoms with E-state index in [0.717, 1.165) is 62.0 Å². The zero-order valence-corrected chi connectivity index (χ0v) is 20.3. The molecular formula is C29H36N2O3. The van der Waals surface area contributed by atoms with Gasteiger partial charge in [0, 0.05) is 37.0 Å². The molecule has 5 rings (SSSR count). The largest absolute Gasteiger partial charge is 0.512 e. The van der Waals surface area contributed by atoms with E-state index in [-0.39, 0.29) is 24.1 Å². The predicted octanol–water partition coefficient (Wildman–Crippen LogP) is 5.56. The van der Waals surface area contributed by atoms with Crippen LogP contribution in [0.4, 0.5) is 0 Å². The average Bonchev–Trinajstić information content (AvgIpc) is 3.29. The number of nitrogens with zero attached hydrogens (tertiary/aromatic N) is 1. The number of rotatable bonds is 7. The van der Waals surface area contributed by atoms with Crippen LogP contribution in [-0.4, -0.2) is 40.6 Å². The van der Waals surface area contributed by atoms with Crippen molar-refractivity contribution in [3.8, 4) is 5.75 Å². The number of carbonyl (C=O) groups excluding carboxylic acids is 1. The second kappa shape index (κ2) is 9.83. The van der Waals surface area contributed by atoms with Crippen molar-refractivity contribution in [1.82, 2.24) is 10.2 Å². The summed E-state index contributed by atoms with van der Waals surface area (Å²) >= 11 is 0. The first-order valence-electron chi connectivity index (χ1n) is 12.8. The molecule has 2 aromatic carbocycles. The van der Waals surface area contributed by atoms with Crippen LogP contribution in [0.15, 0.2) is 54.3 Å². The summed E-state index contributed by atoms with van der Waals surface area (Å²) in [5.41, 5.74) is 4.85. The number of benzene rings is 2. The number of aryl methyl sites for hydroxylation is 1. The van der Waals surface area contributed by atoms with E-state index in [2.05, 4.69) is 65.7 Å². The van der Waals surface area contributed by atoms with Crippen molar-refractivity contribution in [3.63, 3.8) is 0 Å². The van der Waals surface area contributed by atoms with Crippen molar-refractivity contribution < 1.29 is 14.6 Å². The van der Waals surface area contributed by atoms with Crippen molar-refractivity contribution in [2.45, 2.75) is 83.0 Å². The van der Waals surface area contributed by atoms with E-state index in [9.17, 15) is 9.90 Å². The minimum atomic E-state index is -0.0348. The second-order valence-electron chi connectivity index (χ2n) is 10.2. The Balaban J connectivity index is 1.34. The van der Waals surface area contributed by atoms with Crippen molar-refractivity contribution in [1.29, 1.82) is 0 Å². The van der Waals surface area contributed by atoms with Gasteiger partial charge >= 0.3 is 0 Å². The van der Waals surface area contributed by atoms with Gasteiger partial charge in [-0.3, -0.25) is 9.69 Å². The van der Waals surface area contributed by atoms with Gasteiger partial charge in [0.05, 0.1) is 11.9 Å². The van der Waals surface area contributed by atoms with Crippen LogP contribution in [0.3, 0.4) is 0 Å². The van der Waals surface area contributed by atoms with Gasteiger partial charge in [0.1, 0.15) is 5.75 Å². The van der Waals surface area contributed by atoms with Gasteiger partial charge in [-0.05, 0) is 80.8 Å². The Morgan fingerprint density at radius 3 is 2.82 bits per heavy atom. The maximum atomic E-state index is 11.7. The van der Waals surface area contributed by atoms with Gasteiger partial charge in [-0.15, -0.1) is 0 Å². The standard InChI is InChI=1S/C29H36N2O3/c1-19(8-6-11-21-9-4-3-5-10-21)34-23-13-14-24-25(18-23)29-27(31-15-7-12-26(24)31)16-22(17-28(29)33)30-20(2)32/h3-5,9-10,13-14,18-19,22,26-27,33H,6-8,11-12,15-17H2,1-2H3,(H,30,32). The summed E-state index contributed by atoms with van der Waals surface area (Å²) in [5.74, 6) is 1.25. The van der Waals surface area contributed by atoms with E-state index < -0.39 is 0 Å². The van der Waals surface area contributed by atoms with Gasteiger partial charge in [-0.2, -0.15) is 0 Å². The molecule has 2 aliphatic heterocycles. The van der Waals surface area contributed by atoms with Crippen LogP contribution in [0.25, 0.3) is 5.57 Å². The Morgan fingerprint density at radius 2 is 2.03 bits per heavy atom. The highest BCUT2D eigenvalue weighted by molar-refractivity contribution is 5.79. The lowest BCUT2D eigenvalue weighted by Gasteiger charge is -2.45. The molecule has 5 heteroatoms. The van der Waals surface area contributed by atoms with E-state index >= 15 is 0 Å². The Kier molecular flexibility index (Phi) is 6.64. The molecule has 1 amide bonds. The first-order chi connectivity index (χ1) is 16.5. The van der Waals surface area contributed by atoms with Gasteiger partial charge in [0.25, 0.3) is 0 Å². The molecule has 4 atom stereocenters. The minimum Gasteiger partial charge on any atom is -0.512 e. The highest BCUT2D eigenvalue weighted by atomic mass is 16.5. The van der Waals surface area contributed by atoms with Gasteiger partial charge in [-0.1, -0.05) is 36.4 Å². The van der Waals surface area contributed by atoms with Gasteiger partial charge in [0.2, 0.25) is 5.91 Å². The third-order valence-corrected chi connectivity index (χ3v) is 7.62. The fourth-order valence-corrected chi connectivity index (χ4v) is 6.20. The van der Waals surface area contributed by atoms with Crippen LogP contribution < -0.4 is 10.1 Å². The van der Waals surface area contributed by atoms with Crippen LogP contribution >= 0.6 is 0 Å². The van der Waals surface area contributed by atoms with Crippen molar-refractivity contribution in [2.75, 3.05) is 6.54 Å². The molecule has 0 radical (unpaired) electrons. The normalized spacial score (nSPS) is 24.7. The molecule has 1 fully saturated rings. The maximum Gasteiger partial charge on any atom is 0.217 e. The predicted molar refractivity (Wildman–Crippen MR) is 135 cm³/mol. The molecule has 4 unspecified atom stereocenters. The van der Waals surface area contributed by atoms with Crippen LogP contribution in [-0.2, 0) is 11.2 Å². The number of aliphatic hydroxyl groups excluding tert-OH is 1. The summed E-state index contributed by atoms with van der Waals surface area (Å²) in [5, 5.41) is 14.1. The second-order valence-corrected chi connectivity index (χ2v) is 10.2. The summed E-state index contributed by atoms with van der Waals surface area (Å²) in [6, 6.07) is 17.6. The molecule has 5 nitrogen and oxygen atoms in total. The first kappa shape index (κ1) is 23.0. The molecule has 3 aliphatic rings. The number of hydrogen-bond acceptors (Lipinski definition) is 4. The number of fused-ring (bicyclic) bond motifs is 6. The van der Waals surface area contributed by atoms with E-state index in [4.69, 9.17) is 4.74 Å². The molecule has 34 heavy (non-hydrogen) atoms. The summed E-state index contributed by atoms with van der Waals surface area (Å²) < 4.78 is 6.34. The lowest BCUT2D eigenvalue weighted by atomic mass is 9.77. The molecule has 2 heterocycles. The van der Waals surface area contributed by atoms with Gasteiger partial charge in [0.15, 0.2) is 0 Å². The molecule has 0 saturated carbocycles. The third kappa shape index (κ3) is 4.72. The quantitative estimate of drug-likeness (QED) is 0.568. The van der Waals surface area contributed by atoms with Crippen LogP contribution in [0, 0.1) is 0 Å². The molecule has 1 aliphatic carbocycles. The Morgan fingerprint density at radius 1 is 1.21 bits per heavy atom. The number of amides is 1. The number of aliphatic hydroxyl groups is 1. The summed E-state index contributed by atoms with van der Waals surface area (Å²) in [6.45, 7) is 4.73. The van der Waals surface area contributed by atoms with Gasteiger partial charge < -0.3 is 15.2 Å². The third-order valence-electron chi connectivity index (χ3n) is 7.62. The van der Waals surface area contributed by atoms with E-state index in [1.807, 2.05) is 0 Å². The number of nitrogens with one attached hydrogen (secondary N) is 1. The summed E-state index contributed by atoms with van der Waals surface area (Å²) in [6.07, 6.45) is 6.91. The van der Waals surface area contributed by atoms with E-state index in [1.165, 1.54) is 11.1 Å². The van der Waals surface area contributed by atoms with Crippen LogP contribution in [0.2, 0.25) is 0 Å². The molecule has 180 valence electrons. The average molecular weight is 461 g/mol. The van der Waals surface area contributed by atoms with Crippen molar-refractivity contribution in [2.24, 2.45) is 0 Å². The summed E-state index contributed by atoms with van der Waals surface area (Å²) in [7, 11) is 0. The van der Waals surface area contributed by atoms with Crippen LogP contribution in [0.1, 0.15) is 75.1 Å². The molecule has 2 aromatic rings. The maximum absolute atomic E-state index is 11.7. The Hall–Kier alpha value is -2.79. The topological polar surface area (TPSA) is 61.8 Å². The highest BCUT2D eigenvalue weighted by Gasteiger charge is 2.44. The number of hydrogen-bond donors (Lipinski definition) is 2. The smallest absolute Gasteiger partial charge is 0.217 e. The molecule has 0 aromatic heterocycles. The molecule has 1 saturated heterocycles. The monoisotopic (exact) mass is 460 g/mol. The highest BCUT2D eigenvalue weighted by Crippen LogP contribution is 2.50. The first-order valence-corrected chi connectivity index (χ1v) is 12.8. The molecule has 2 N–H and O–H groups in total.